The molecule has 106 valence electrons. The number of hydrogen-bond donors (Lipinski definition) is 2. The van der Waals surface area contributed by atoms with Gasteiger partial charge in [0, 0.05) is 18.2 Å². The van der Waals surface area contributed by atoms with Gasteiger partial charge in [-0.3, -0.25) is 4.79 Å². The molecule has 0 aliphatic rings. The van der Waals surface area contributed by atoms with E-state index in [9.17, 15) is 13.6 Å². The van der Waals surface area contributed by atoms with E-state index in [1.807, 2.05) is 0 Å². The molecule has 1 aromatic carbocycles. The van der Waals surface area contributed by atoms with Crippen LogP contribution >= 0.6 is 0 Å². The molecule has 0 heterocycles. The van der Waals surface area contributed by atoms with Crippen molar-refractivity contribution in [3.63, 3.8) is 0 Å². The molecule has 0 aliphatic heterocycles. The van der Waals surface area contributed by atoms with E-state index in [1.54, 1.807) is 0 Å². The summed E-state index contributed by atoms with van der Waals surface area (Å²) < 4.78 is 25.7. The largest absolute Gasteiger partial charge is 0.330 e. The molecule has 1 amide bonds. The van der Waals surface area contributed by atoms with Gasteiger partial charge in [-0.05, 0) is 37.4 Å². The van der Waals surface area contributed by atoms with Crippen LogP contribution in [0.4, 0.5) is 14.5 Å². The molecule has 5 heteroatoms. The van der Waals surface area contributed by atoms with E-state index >= 15 is 0 Å². The highest BCUT2D eigenvalue weighted by molar-refractivity contribution is 5.90. The molecule has 1 atom stereocenters. The number of rotatable bonds is 7. The van der Waals surface area contributed by atoms with Gasteiger partial charge in [0.2, 0.25) is 5.91 Å². The Balaban J connectivity index is 2.44. The molecule has 0 radical (unpaired) electrons. The summed E-state index contributed by atoms with van der Waals surface area (Å²) in [4.78, 5) is 11.7. The van der Waals surface area contributed by atoms with Crippen LogP contribution in [0.1, 0.15) is 32.6 Å². The first-order chi connectivity index (χ1) is 9.06. The minimum Gasteiger partial charge on any atom is -0.330 e. The van der Waals surface area contributed by atoms with Crippen molar-refractivity contribution in [3.05, 3.63) is 29.8 Å². The van der Waals surface area contributed by atoms with Crippen LogP contribution in [-0.2, 0) is 4.79 Å². The van der Waals surface area contributed by atoms with Gasteiger partial charge < -0.3 is 11.1 Å². The number of amides is 1. The van der Waals surface area contributed by atoms with Crippen molar-refractivity contribution in [2.75, 3.05) is 11.9 Å². The molecule has 19 heavy (non-hydrogen) atoms. The highest BCUT2D eigenvalue weighted by Gasteiger charge is 2.10. The van der Waals surface area contributed by atoms with E-state index in [1.165, 1.54) is 6.07 Å². The standard InChI is InChI=1S/C14H20F2N2O/c1-2-10(7-8-17)3-6-14(19)18-11-4-5-12(15)13(16)9-11/h4-5,9-10H,2-3,6-8,17H2,1H3,(H,18,19). The van der Waals surface area contributed by atoms with Crippen LogP contribution in [0.15, 0.2) is 18.2 Å². The second kappa shape index (κ2) is 7.84. The molecule has 1 unspecified atom stereocenters. The van der Waals surface area contributed by atoms with Crippen LogP contribution in [0.5, 0.6) is 0 Å². The third-order valence-corrected chi connectivity index (χ3v) is 3.14. The molecule has 0 spiro atoms. The molecule has 0 saturated carbocycles. The zero-order valence-electron chi connectivity index (χ0n) is 11.1. The second-order valence-corrected chi connectivity index (χ2v) is 4.57. The van der Waals surface area contributed by atoms with Crippen LogP contribution in [0, 0.1) is 17.6 Å². The zero-order valence-corrected chi connectivity index (χ0v) is 11.1. The Hall–Kier alpha value is -1.49. The summed E-state index contributed by atoms with van der Waals surface area (Å²) in [6, 6.07) is 3.31. The Morgan fingerprint density at radius 1 is 1.32 bits per heavy atom. The first-order valence-electron chi connectivity index (χ1n) is 6.51. The second-order valence-electron chi connectivity index (χ2n) is 4.57. The first-order valence-corrected chi connectivity index (χ1v) is 6.51. The van der Waals surface area contributed by atoms with Gasteiger partial charge in [0.15, 0.2) is 11.6 Å². The predicted molar refractivity (Wildman–Crippen MR) is 71.7 cm³/mol. The van der Waals surface area contributed by atoms with E-state index < -0.39 is 11.6 Å². The summed E-state index contributed by atoms with van der Waals surface area (Å²) in [5, 5.41) is 2.55. The summed E-state index contributed by atoms with van der Waals surface area (Å²) >= 11 is 0. The number of hydrogen-bond acceptors (Lipinski definition) is 2. The van der Waals surface area contributed by atoms with Crippen molar-refractivity contribution in [1.29, 1.82) is 0 Å². The summed E-state index contributed by atoms with van der Waals surface area (Å²) in [6.45, 7) is 2.68. The molecule has 1 rings (SSSR count). The van der Waals surface area contributed by atoms with Crippen LogP contribution in [0.25, 0.3) is 0 Å². The van der Waals surface area contributed by atoms with Crippen LogP contribution in [-0.4, -0.2) is 12.5 Å². The Bertz CT molecular complexity index is 424. The number of benzene rings is 1. The van der Waals surface area contributed by atoms with Crippen LogP contribution in [0.3, 0.4) is 0 Å². The summed E-state index contributed by atoms with van der Waals surface area (Å²) in [5.41, 5.74) is 5.76. The van der Waals surface area contributed by atoms with Gasteiger partial charge in [-0.2, -0.15) is 0 Å². The number of anilines is 1. The molecule has 0 saturated heterocycles. The molecular formula is C14H20F2N2O. The number of carbonyl (C=O) groups is 1. The number of halogens is 2. The van der Waals surface area contributed by atoms with Crippen molar-refractivity contribution >= 4 is 11.6 Å². The Kier molecular flexibility index (Phi) is 6.42. The molecule has 0 aliphatic carbocycles. The van der Waals surface area contributed by atoms with E-state index in [0.29, 0.717) is 18.9 Å². The number of carbonyl (C=O) groups excluding carboxylic acids is 1. The van der Waals surface area contributed by atoms with Crippen molar-refractivity contribution in [2.24, 2.45) is 11.7 Å². The summed E-state index contributed by atoms with van der Waals surface area (Å²) in [5.74, 6) is -1.65. The third-order valence-electron chi connectivity index (χ3n) is 3.14. The summed E-state index contributed by atoms with van der Waals surface area (Å²) in [7, 11) is 0. The number of nitrogens with two attached hydrogens (primary N) is 1. The fourth-order valence-electron chi connectivity index (χ4n) is 1.92. The minimum absolute atomic E-state index is 0.193. The predicted octanol–water partition coefficient (Wildman–Crippen LogP) is 3.06. The molecule has 0 bridgehead atoms. The van der Waals surface area contributed by atoms with Crippen molar-refractivity contribution < 1.29 is 13.6 Å². The fraction of sp³-hybridized carbons (Fsp3) is 0.500. The Morgan fingerprint density at radius 2 is 2.05 bits per heavy atom. The highest BCUT2D eigenvalue weighted by atomic mass is 19.2. The molecule has 0 fully saturated rings. The van der Waals surface area contributed by atoms with Crippen LogP contribution < -0.4 is 11.1 Å². The monoisotopic (exact) mass is 270 g/mol. The summed E-state index contributed by atoms with van der Waals surface area (Å²) in [6.07, 6.45) is 2.99. The third kappa shape index (κ3) is 5.34. The topological polar surface area (TPSA) is 55.1 Å². The van der Waals surface area contributed by atoms with Gasteiger partial charge in [-0.15, -0.1) is 0 Å². The lowest BCUT2D eigenvalue weighted by Gasteiger charge is -2.13. The van der Waals surface area contributed by atoms with Gasteiger partial charge in [0.25, 0.3) is 0 Å². The van der Waals surface area contributed by atoms with Crippen molar-refractivity contribution in [2.45, 2.75) is 32.6 Å². The van der Waals surface area contributed by atoms with E-state index in [4.69, 9.17) is 5.73 Å². The van der Waals surface area contributed by atoms with Gasteiger partial charge in [-0.1, -0.05) is 13.3 Å². The van der Waals surface area contributed by atoms with Gasteiger partial charge in [-0.25, -0.2) is 8.78 Å². The molecular weight excluding hydrogens is 250 g/mol. The normalized spacial score (nSPS) is 12.2. The minimum atomic E-state index is -0.965. The molecule has 3 nitrogen and oxygen atoms in total. The fourth-order valence-corrected chi connectivity index (χ4v) is 1.92. The Morgan fingerprint density at radius 3 is 2.63 bits per heavy atom. The lowest BCUT2D eigenvalue weighted by Crippen LogP contribution is -2.15. The molecule has 1 aromatic rings. The van der Waals surface area contributed by atoms with Crippen molar-refractivity contribution in [3.8, 4) is 0 Å². The smallest absolute Gasteiger partial charge is 0.224 e. The lowest BCUT2D eigenvalue weighted by molar-refractivity contribution is -0.116. The van der Waals surface area contributed by atoms with Crippen molar-refractivity contribution in [1.82, 2.24) is 0 Å². The maximum atomic E-state index is 13.0. The maximum Gasteiger partial charge on any atom is 0.224 e. The van der Waals surface area contributed by atoms with Gasteiger partial charge in [0.1, 0.15) is 0 Å². The van der Waals surface area contributed by atoms with Crippen LogP contribution in [0.2, 0.25) is 0 Å². The average molecular weight is 270 g/mol. The highest BCUT2D eigenvalue weighted by Crippen LogP contribution is 2.17. The molecule has 3 N–H and O–H groups in total. The van der Waals surface area contributed by atoms with E-state index in [-0.39, 0.29) is 11.6 Å². The Labute approximate surface area is 112 Å². The average Bonchev–Trinajstić information content (AvgIpc) is 2.39. The zero-order chi connectivity index (χ0) is 14.3. The van der Waals surface area contributed by atoms with Gasteiger partial charge in [0.05, 0.1) is 0 Å². The number of nitrogens with one attached hydrogen (secondary N) is 1. The molecule has 0 aromatic heterocycles. The maximum absolute atomic E-state index is 13.0. The van der Waals surface area contributed by atoms with E-state index in [2.05, 4.69) is 12.2 Å². The van der Waals surface area contributed by atoms with E-state index in [0.717, 1.165) is 31.4 Å². The SMILES string of the molecule is CCC(CCN)CCC(=O)Nc1ccc(F)c(F)c1. The lowest BCUT2D eigenvalue weighted by atomic mass is 9.96. The first kappa shape index (κ1) is 15.6. The quantitative estimate of drug-likeness (QED) is 0.800. The van der Waals surface area contributed by atoms with Gasteiger partial charge >= 0.3 is 0 Å².